The lowest BCUT2D eigenvalue weighted by Crippen LogP contribution is -2.11. The predicted octanol–water partition coefficient (Wildman–Crippen LogP) is 6.74. The van der Waals surface area contributed by atoms with Crippen molar-refractivity contribution in [3.63, 3.8) is 0 Å². The number of aromatic nitrogens is 3. The van der Waals surface area contributed by atoms with Crippen LogP contribution in [0.2, 0.25) is 0 Å². The third kappa shape index (κ3) is 8.35. The van der Waals surface area contributed by atoms with Crippen LogP contribution in [0, 0.1) is 0 Å². The summed E-state index contributed by atoms with van der Waals surface area (Å²) in [6.45, 7) is 7.11. The van der Waals surface area contributed by atoms with Crippen molar-refractivity contribution in [2.45, 2.75) is 65.0 Å². The van der Waals surface area contributed by atoms with Crippen LogP contribution in [0.1, 0.15) is 56.8 Å². The summed E-state index contributed by atoms with van der Waals surface area (Å²) < 4.78 is 19.7. The Morgan fingerprint density at radius 1 is 0.703 bits per heavy atom. The second-order valence-corrected chi connectivity index (χ2v) is 9.41. The van der Waals surface area contributed by atoms with Gasteiger partial charge < -0.3 is 18.8 Å². The molecule has 2 aromatic carbocycles. The summed E-state index contributed by atoms with van der Waals surface area (Å²) in [6.07, 6.45) is 9.90. The molecule has 6 heteroatoms. The van der Waals surface area contributed by atoms with Crippen LogP contribution >= 0.6 is 0 Å². The summed E-state index contributed by atoms with van der Waals surface area (Å²) in [5.41, 5.74) is 4.42. The van der Waals surface area contributed by atoms with Gasteiger partial charge in [0.15, 0.2) is 0 Å². The largest absolute Gasteiger partial charge is 0.381 e. The van der Waals surface area contributed by atoms with Gasteiger partial charge in [-0.3, -0.25) is 4.98 Å². The number of nitrogens with zero attached hydrogens (tertiary/aromatic N) is 3. The fraction of sp³-hybridized carbons (Fsp3) is 0.484. The number of hydrogen-bond donors (Lipinski definition) is 0. The number of para-hydroxylation sites is 1. The SMILES string of the molecule is CCOCc1nc2cnc3ccccc3c2n1CCOCCCCCCOCCCCc1ccccc1. The first-order chi connectivity index (χ1) is 18.4. The number of rotatable bonds is 18. The summed E-state index contributed by atoms with van der Waals surface area (Å²) in [6, 6.07) is 18.9. The van der Waals surface area contributed by atoms with E-state index in [0.29, 0.717) is 19.8 Å². The molecular weight excluding hydrogens is 462 g/mol. The Kier molecular flexibility index (Phi) is 11.4. The Bertz CT molecular complexity index is 1190. The Labute approximate surface area is 221 Å². The first-order valence-corrected chi connectivity index (χ1v) is 13.9. The monoisotopic (exact) mass is 503 g/mol. The van der Waals surface area contributed by atoms with Crippen LogP contribution in [-0.4, -0.2) is 47.6 Å². The average molecular weight is 504 g/mol. The van der Waals surface area contributed by atoms with Gasteiger partial charge in [-0.15, -0.1) is 0 Å². The smallest absolute Gasteiger partial charge is 0.136 e. The van der Waals surface area contributed by atoms with Crippen LogP contribution in [0.3, 0.4) is 0 Å². The van der Waals surface area contributed by atoms with Gasteiger partial charge in [0, 0.05) is 38.4 Å². The van der Waals surface area contributed by atoms with Crippen molar-refractivity contribution < 1.29 is 14.2 Å². The molecule has 4 rings (SSSR count). The highest BCUT2D eigenvalue weighted by molar-refractivity contribution is 6.02. The Hall–Kier alpha value is -2.80. The normalized spacial score (nSPS) is 11.6. The van der Waals surface area contributed by atoms with Gasteiger partial charge >= 0.3 is 0 Å². The molecule has 0 aliphatic carbocycles. The summed E-state index contributed by atoms with van der Waals surface area (Å²) in [4.78, 5) is 9.37. The summed E-state index contributed by atoms with van der Waals surface area (Å²) in [7, 11) is 0. The van der Waals surface area contributed by atoms with Crippen molar-refractivity contribution in [2.24, 2.45) is 0 Å². The molecule has 0 saturated carbocycles. The highest BCUT2D eigenvalue weighted by atomic mass is 16.5. The lowest BCUT2D eigenvalue weighted by atomic mass is 10.1. The third-order valence-corrected chi connectivity index (χ3v) is 6.63. The maximum absolute atomic E-state index is 6.00. The minimum Gasteiger partial charge on any atom is -0.381 e. The molecule has 4 aromatic rings. The van der Waals surface area contributed by atoms with Crippen molar-refractivity contribution in [3.05, 3.63) is 72.2 Å². The second kappa shape index (κ2) is 15.5. The van der Waals surface area contributed by atoms with E-state index in [2.05, 4.69) is 52.0 Å². The predicted molar refractivity (Wildman–Crippen MR) is 150 cm³/mol. The van der Waals surface area contributed by atoms with Crippen LogP contribution in [0.25, 0.3) is 21.9 Å². The molecule has 0 radical (unpaired) electrons. The molecule has 0 amide bonds. The van der Waals surface area contributed by atoms with Gasteiger partial charge in [-0.2, -0.15) is 0 Å². The molecule has 0 unspecified atom stereocenters. The van der Waals surface area contributed by atoms with Crippen molar-refractivity contribution in [1.29, 1.82) is 0 Å². The maximum atomic E-state index is 6.00. The molecule has 0 bridgehead atoms. The molecular formula is C31H41N3O3. The summed E-state index contributed by atoms with van der Waals surface area (Å²) in [5.74, 6) is 0.929. The molecule has 6 nitrogen and oxygen atoms in total. The first kappa shape index (κ1) is 27.2. The fourth-order valence-corrected chi connectivity index (χ4v) is 4.65. The molecule has 2 heterocycles. The van der Waals surface area contributed by atoms with Gasteiger partial charge in [0.1, 0.15) is 17.9 Å². The topological polar surface area (TPSA) is 58.4 Å². The second-order valence-electron chi connectivity index (χ2n) is 9.41. The molecule has 0 aliphatic heterocycles. The molecule has 2 aromatic heterocycles. The molecule has 0 saturated heterocycles. The van der Waals surface area contributed by atoms with Gasteiger partial charge in [0.05, 0.1) is 23.8 Å². The molecule has 0 N–H and O–H groups in total. The van der Waals surface area contributed by atoms with E-state index in [4.69, 9.17) is 19.2 Å². The molecule has 0 aliphatic rings. The highest BCUT2D eigenvalue weighted by Gasteiger charge is 2.14. The van der Waals surface area contributed by atoms with E-state index in [1.807, 2.05) is 25.3 Å². The van der Waals surface area contributed by atoms with Crippen LogP contribution in [-0.2, 0) is 33.8 Å². The zero-order valence-corrected chi connectivity index (χ0v) is 22.2. The van der Waals surface area contributed by atoms with Crippen LogP contribution < -0.4 is 0 Å². The number of pyridine rings is 1. The van der Waals surface area contributed by atoms with Gasteiger partial charge in [0.2, 0.25) is 0 Å². The number of ether oxygens (including phenoxy) is 3. The Morgan fingerprint density at radius 3 is 2.19 bits per heavy atom. The van der Waals surface area contributed by atoms with E-state index in [-0.39, 0.29) is 0 Å². The lowest BCUT2D eigenvalue weighted by Gasteiger charge is -2.11. The van der Waals surface area contributed by atoms with E-state index in [1.54, 1.807) is 0 Å². The van der Waals surface area contributed by atoms with Crippen molar-refractivity contribution >= 4 is 21.9 Å². The van der Waals surface area contributed by atoms with E-state index in [1.165, 1.54) is 24.8 Å². The van der Waals surface area contributed by atoms with Crippen molar-refractivity contribution in [1.82, 2.24) is 14.5 Å². The Balaban J connectivity index is 1.09. The van der Waals surface area contributed by atoms with E-state index in [0.717, 1.165) is 79.8 Å². The standard InChI is InChI=1S/C31H41N3O3/c1-2-35-25-30-33-29-24-32-28-18-9-8-17-27(28)31(29)34(30)19-23-37-21-12-4-3-11-20-36-22-13-10-16-26-14-6-5-7-15-26/h5-9,14-15,17-18,24H,2-4,10-13,16,19-23,25H2,1H3. The minimum atomic E-state index is 0.495. The van der Waals surface area contributed by atoms with Crippen LogP contribution in [0.5, 0.6) is 0 Å². The summed E-state index contributed by atoms with van der Waals surface area (Å²) >= 11 is 0. The number of imidazole rings is 1. The van der Waals surface area contributed by atoms with E-state index < -0.39 is 0 Å². The maximum Gasteiger partial charge on any atom is 0.136 e. The zero-order chi connectivity index (χ0) is 25.5. The highest BCUT2D eigenvalue weighted by Crippen LogP contribution is 2.25. The van der Waals surface area contributed by atoms with Gasteiger partial charge in [-0.05, 0) is 50.7 Å². The average Bonchev–Trinajstić information content (AvgIpc) is 3.30. The van der Waals surface area contributed by atoms with Crippen molar-refractivity contribution in [2.75, 3.05) is 33.0 Å². The zero-order valence-electron chi connectivity index (χ0n) is 22.2. The van der Waals surface area contributed by atoms with Gasteiger partial charge in [-0.1, -0.05) is 61.4 Å². The number of benzene rings is 2. The molecule has 37 heavy (non-hydrogen) atoms. The van der Waals surface area contributed by atoms with Gasteiger partial charge in [-0.25, -0.2) is 4.98 Å². The minimum absolute atomic E-state index is 0.495. The molecule has 0 spiro atoms. The first-order valence-electron chi connectivity index (χ1n) is 13.9. The van der Waals surface area contributed by atoms with Crippen LogP contribution in [0.4, 0.5) is 0 Å². The lowest BCUT2D eigenvalue weighted by molar-refractivity contribution is 0.109. The summed E-state index contributed by atoms with van der Waals surface area (Å²) in [5, 5.41) is 1.12. The number of fused-ring (bicyclic) bond motifs is 3. The quantitative estimate of drug-likeness (QED) is 0.141. The van der Waals surface area contributed by atoms with E-state index in [9.17, 15) is 0 Å². The van der Waals surface area contributed by atoms with Crippen LogP contribution in [0.15, 0.2) is 60.8 Å². The third-order valence-electron chi connectivity index (χ3n) is 6.63. The molecule has 0 atom stereocenters. The number of hydrogen-bond acceptors (Lipinski definition) is 5. The van der Waals surface area contributed by atoms with Crippen molar-refractivity contribution in [3.8, 4) is 0 Å². The molecule has 0 fully saturated rings. The van der Waals surface area contributed by atoms with E-state index >= 15 is 0 Å². The van der Waals surface area contributed by atoms with Gasteiger partial charge in [0.25, 0.3) is 0 Å². The Morgan fingerprint density at radius 2 is 1.41 bits per heavy atom. The number of aryl methyl sites for hydroxylation is 1. The fourth-order valence-electron chi connectivity index (χ4n) is 4.65. The number of unbranched alkanes of at least 4 members (excludes halogenated alkanes) is 4. The molecule has 198 valence electrons.